The predicted molar refractivity (Wildman–Crippen MR) is 158 cm³/mol. The fraction of sp³-hybridized carbons (Fsp3) is 0.531. The van der Waals surface area contributed by atoms with Gasteiger partial charge in [0.1, 0.15) is 17.4 Å². The van der Waals surface area contributed by atoms with E-state index in [0.29, 0.717) is 0 Å². The summed E-state index contributed by atoms with van der Waals surface area (Å²) in [6.07, 6.45) is 12.6. The van der Waals surface area contributed by atoms with Gasteiger partial charge in [0.05, 0.1) is 24.4 Å². The van der Waals surface area contributed by atoms with Crippen molar-refractivity contribution in [3.8, 4) is 0 Å². The number of ether oxygens (including phenoxy) is 2. The van der Waals surface area contributed by atoms with Crippen LogP contribution < -0.4 is 0 Å². The van der Waals surface area contributed by atoms with E-state index >= 15 is 0 Å². The number of Topliss-reactive ketones (excluding diaryl/α,β-unsaturated/α-hetero) is 1. The minimum absolute atomic E-state index is 0.0136. The molecule has 0 saturated carbocycles. The van der Waals surface area contributed by atoms with Gasteiger partial charge in [0, 0.05) is 25.8 Å². The number of nitrogens with zero attached hydrogens (tertiary/aromatic N) is 1. The molecule has 10 heteroatoms. The molecule has 0 aromatic carbocycles. The molecule has 0 aliphatic carbocycles. The molecule has 42 heavy (non-hydrogen) atoms. The van der Waals surface area contributed by atoms with E-state index in [1.54, 1.807) is 25.2 Å². The van der Waals surface area contributed by atoms with Crippen LogP contribution in [0.1, 0.15) is 53.9 Å². The minimum Gasteiger partial charge on any atom is -0.507 e. The monoisotopic (exact) mass is 587 g/mol. The molecule has 2 saturated heterocycles. The lowest BCUT2D eigenvalue weighted by molar-refractivity contribution is -0.267. The number of hydrogen-bond acceptors (Lipinski definition) is 8. The fourth-order valence-electron chi connectivity index (χ4n) is 5.02. The van der Waals surface area contributed by atoms with Crippen molar-refractivity contribution < 1.29 is 44.3 Å². The van der Waals surface area contributed by atoms with Crippen LogP contribution in [0.3, 0.4) is 0 Å². The van der Waals surface area contributed by atoms with Gasteiger partial charge in [-0.25, -0.2) is 0 Å². The largest absolute Gasteiger partial charge is 0.507 e. The number of ketones is 1. The molecule has 7 unspecified atom stereocenters. The second-order valence-corrected chi connectivity index (χ2v) is 11.2. The van der Waals surface area contributed by atoms with Crippen molar-refractivity contribution in [2.75, 3.05) is 7.05 Å². The quantitative estimate of drug-likeness (QED) is 0.109. The fourth-order valence-corrected chi connectivity index (χ4v) is 5.02. The summed E-state index contributed by atoms with van der Waals surface area (Å²) in [6, 6.07) is -0.896. The zero-order chi connectivity index (χ0) is 31.6. The smallest absolute Gasteiger partial charge is 0.303 e. The maximum absolute atomic E-state index is 12.5. The highest BCUT2D eigenvalue weighted by Crippen LogP contribution is 2.28. The summed E-state index contributed by atoms with van der Waals surface area (Å²) in [4.78, 5) is 36.9. The van der Waals surface area contributed by atoms with Gasteiger partial charge in [0.2, 0.25) is 0 Å². The molecule has 2 rings (SSSR count). The van der Waals surface area contributed by atoms with Gasteiger partial charge < -0.3 is 34.8 Å². The first-order chi connectivity index (χ1) is 19.7. The Hall–Kier alpha value is -3.31. The zero-order valence-corrected chi connectivity index (χ0v) is 25.2. The molecule has 7 atom stereocenters. The predicted octanol–water partition coefficient (Wildman–Crippen LogP) is 3.78. The maximum atomic E-state index is 12.5. The lowest BCUT2D eigenvalue weighted by Gasteiger charge is -2.38. The molecule has 0 bridgehead atoms. The second-order valence-electron chi connectivity index (χ2n) is 11.2. The van der Waals surface area contributed by atoms with E-state index in [1.807, 2.05) is 25.2 Å². The molecule has 232 valence electrons. The molecule has 1 amide bonds. The Morgan fingerprint density at radius 1 is 1.05 bits per heavy atom. The van der Waals surface area contributed by atoms with E-state index in [-0.39, 0.29) is 42.8 Å². The number of carbonyl (C=O) groups is 3. The van der Waals surface area contributed by atoms with Crippen molar-refractivity contribution in [3.05, 3.63) is 71.6 Å². The Kier molecular flexibility index (Phi) is 13.6. The highest BCUT2D eigenvalue weighted by Gasteiger charge is 2.42. The Bertz CT molecular complexity index is 1130. The molecular weight excluding hydrogens is 542 g/mol. The first-order valence-electron chi connectivity index (χ1n) is 14.2. The third-order valence-electron chi connectivity index (χ3n) is 7.29. The number of aliphatic hydroxyl groups excluding tert-OH is 3. The lowest BCUT2D eigenvalue weighted by Crippen LogP contribution is -2.49. The number of amides is 1. The van der Waals surface area contributed by atoms with Crippen LogP contribution in [-0.2, 0) is 23.9 Å². The summed E-state index contributed by atoms with van der Waals surface area (Å²) in [5, 5.41) is 39.1. The molecule has 0 aromatic rings. The van der Waals surface area contributed by atoms with Crippen molar-refractivity contribution in [2.24, 2.45) is 11.8 Å². The topological polar surface area (TPSA) is 154 Å². The zero-order valence-electron chi connectivity index (χ0n) is 25.2. The average Bonchev–Trinajstić information content (AvgIpc) is 3.12. The third-order valence-corrected chi connectivity index (χ3v) is 7.29. The minimum atomic E-state index is -1.06. The standard InChI is InChI=1S/C32H45NO9/c1-19(2)31(42-27-18-25(35)29(38)22(5)41-27)21(4)17-20(3)13-11-9-7-8-10-12-14-24(34)28-30(39)23(15-16-26(36)37)33(6)32(28)40/h7-14,17,19,21-23,25,27,29,31,34-35,38H,15-16,18H2,1-6H3,(H,36,37)/b9-7+,10-8+,13-11+,14-12+,20-17+,28-24+. The summed E-state index contributed by atoms with van der Waals surface area (Å²) in [5.41, 5.74) is 0.697. The average molecular weight is 588 g/mol. The van der Waals surface area contributed by atoms with Crippen LogP contribution in [0, 0.1) is 11.8 Å². The molecule has 10 nitrogen and oxygen atoms in total. The van der Waals surface area contributed by atoms with Crippen LogP contribution in [0.4, 0.5) is 0 Å². The highest BCUT2D eigenvalue weighted by atomic mass is 16.7. The molecule has 2 fully saturated rings. The number of hydrogen-bond donors (Lipinski definition) is 4. The Morgan fingerprint density at radius 3 is 2.21 bits per heavy atom. The van der Waals surface area contributed by atoms with E-state index in [2.05, 4.69) is 26.8 Å². The van der Waals surface area contributed by atoms with Crippen molar-refractivity contribution in [3.63, 3.8) is 0 Å². The first-order valence-corrected chi connectivity index (χ1v) is 14.2. The van der Waals surface area contributed by atoms with Gasteiger partial charge in [-0.15, -0.1) is 0 Å². The van der Waals surface area contributed by atoms with Gasteiger partial charge in [-0.2, -0.15) is 0 Å². The van der Waals surface area contributed by atoms with E-state index in [9.17, 15) is 29.7 Å². The van der Waals surface area contributed by atoms with Crippen LogP contribution in [-0.4, -0.2) is 86.8 Å². The van der Waals surface area contributed by atoms with Gasteiger partial charge in [0.15, 0.2) is 12.1 Å². The number of allylic oxidation sites excluding steroid dienone is 9. The number of carboxylic acids is 1. The molecule has 2 aliphatic heterocycles. The summed E-state index contributed by atoms with van der Waals surface area (Å²) in [7, 11) is 1.41. The number of rotatable bonds is 13. The number of carboxylic acid groups (broad SMARTS) is 1. The van der Waals surface area contributed by atoms with E-state index in [4.69, 9.17) is 14.6 Å². The molecule has 2 aliphatic rings. The number of likely N-dealkylation sites (tertiary alicyclic amines) is 1. The normalized spacial score (nSPS) is 28.7. The van der Waals surface area contributed by atoms with Gasteiger partial charge >= 0.3 is 5.97 Å². The van der Waals surface area contributed by atoms with E-state index in [1.165, 1.54) is 19.2 Å². The van der Waals surface area contributed by atoms with E-state index < -0.39 is 54.1 Å². The molecular formula is C32H45NO9. The third kappa shape index (κ3) is 9.90. The number of carbonyl (C=O) groups excluding carboxylic acids is 2. The van der Waals surface area contributed by atoms with Gasteiger partial charge in [-0.3, -0.25) is 14.4 Å². The number of likely N-dealkylation sites (N-methyl/N-ethyl adjacent to an activating group) is 1. The maximum Gasteiger partial charge on any atom is 0.303 e. The first kappa shape index (κ1) is 34.9. The molecule has 0 radical (unpaired) electrons. The van der Waals surface area contributed by atoms with E-state index in [0.717, 1.165) is 10.5 Å². The summed E-state index contributed by atoms with van der Waals surface area (Å²) in [6.45, 7) is 9.91. The Balaban J connectivity index is 1.92. The molecule has 0 aromatic heterocycles. The second kappa shape index (κ2) is 16.4. The molecule has 2 heterocycles. The Morgan fingerprint density at radius 2 is 1.64 bits per heavy atom. The SMILES string of the molecule is CC(/C=C/C=C/C=C/C=C/C(O)=C1/C(=O)C(CCC(=O)O)N(C)C1=O)=C\C(C)C(OC1CC(O)C(O)C(C)O1)C(C)C. The van der Waals surface area contributed by atoms with Crippen molar-refractivity contribution >= 4 is 17.7 Å². The van der Waals surface area contributed by atoms with Crippen LogP contribution in [0.5, 0.6) is 0 Å². The summed E-state index contributed by atoms with van der Waals surface area (Å²) < 4.78 is 11.9. The van der Waals surface area contributed by atoms with Crippen LogP contribution >= 0.6 is 0 Å². The van der Waals surface area contributed by atoms with Crippen LogP contribution in [0.25, 0.3) is 0 Å². The van der Waals surface area contributed by atoms with Crippen LogP contribution in [0.2, 0.25) is 0 Å². The summed E-state index contributed by atoms with van der Waals surface area (Å²) in [5.74, 6) is -2.47. The molecule has 4 N–H and O–H groups in total. The summed E-state index contributed by atoms with van der Waals surface area (Å²) >= 11 is 0. The van der Waals surface area contributed by atoms with Crippen molar-refractivity contribution in [2.45, 2.75) is 90.6 Å². The number of aliphatic carboxylic acids is 1. The lowest BCUT2D eigenvalue weighted by atomic mass is 9.92. The number of aliphatic hydroxyl groups is 3. The highest BCUT2D eigenvalue weighted by molar-refractivity contribution is 6.27. The van der Waals surface area contributed by atoms with Gasteiger partial charge in [-0.05, 0) is 32.3 Å². The van der Waals surface area contributed by atoms with Crippen molar-refractivity contribution in [1.29, 1.82) is 0 Å². The van der Waals surface area contributed by atoms with Crippen LogP contribution in [0.15, 0.2) is 71.6 Å². The molecule has 0 spiro atoms. The van der Waals surface area contributed by atoms with Gasteiger partial charge in [-0.1, -0.05) is 75.0 Å². The van der Waals surface area contributed by atoms with Gasteiger partial charge in [0.25, 0.3) is 5.91 Å². The Labute approximate surface area is 248 Å². The van der Waals surface area contributed by atoms with Crippen molar-refractivity contribution in [1.82, 2.24) is 4.90 Å².